The quantitative estimate of drug-likeness (QED) is 0.822. The van der Waals surface area contributed by atoms with Crippen molar-refractivity contribution in [1.29, 1.82) is 0 Å². The van der Waals surface area contributed by atoms with E-state index in [9.17, 15) is 0 Å². The van der Waals surface area contributed by atoms with Gasteiger partial charge in [-0.2, -0.15) is 0 Å². The van der Waals surface area contributed by atoms with Crippen LogP contribution >= 0.6 is 0 Å². The van der Waals surface area contributed by atoms with Crippen molar-refractivity contribution in [2.75, 3.05) is 46.8 Å². The zero-order valence-electron chi connectivity index (χ0n) is 12.5. The number of rotatable bonds is 4. The van der Waals surface area contributed by atoms with Crippen LogP contribution in [0.1, 0.15) is 32.6 Å². The molecule has 2 fully saturated rings. The third-order valence-electron chi connectivity index (χ3n) is 4.82. The van der Waals surface area contributed by atoms with Gasteiger partial charge < -0.3 is 15.1 Å². The lowest BCUT2D eigenvalue weighted by atomic mass is 9.91. The van der Waals surface area contributed by atoms with Gasteiger partial charge in [0.1, 0.15) is 0 Å². The Morgan fingerprint density at radius 2 is 1.72 bits per heavy atom. The summed E-state index contributed by atoms with van der Waals surface area (Å²) in [5, 5.41) is 3.81. The maximum absolute atomic E-state index is 3.81. The Bertz CT molecular complexity index is 244. The molecule has 2 aliphatic rings. The minimum absolute atomic E-state index is 0.681. The van der Waals surface area contributed by atoms with Crippen LogP contribution in [0.4, 0.5) is 0 Å². The molecule has 0 aromatic carbocycles. The summed E-state index contributed by atoms with van der Waals surface area (Å²) in [4.78, 5) is 4.97. The van der Waals surface area contributed by atoms with Crippen molar-refractivity contribution in [3.05, 3.63) is 0 Å². The fourth-order valence-corrected chi connectivity index (χ4v) is 3.57. The lowest BCUT2D eigenvalue weighted by molar-refractivity contribution is 0.164. The van der Waals surface area contributed by atoms with Crippen LogP contribution in [0.2, 0.25) is 0 Å². The molecule has 1 N–H and O–H groups in total. The van der Waals surface area contributed by atoms with E-state index in [1.54, 1.807) is 0 Å². The lowest BCUT2D eigenvalue weighted by Crippen LogP contribution is -2.46. The zero-order valence-corrected chi connectivity index (χ0v) is 12.5. The van der Waals surface area contributed by atoms with E-state index in [0.29, 0.717) is 6.04 Å². The Labute approximate surface area is 113 Å². The molecule has 0 aliphatic carbocycles. The van der Waals surface area contributed by atoms with Crippen molar-refractivity contribution in [1.82, 2.24) is 15.1 Å². The number of nitrogens with zero attached hydrogens (tertiary/aromatic N) is 2. The SMILES string of the molecule is CC(NCC1CCCN(C)C1)C1CCCN(C)C1. The molecule has 3 unspecified atom stereocenters. The molecule has 3 heteroatoms. The third-order valence-corrected chi connectivity index (χ3v) is 4.82. The van der Waals surface area contributed by atoms with Gasteiger partial charge in [0.05, 0.1) is 0 Å². The van der Waals surface area contributed by atoms with Crippen LogP contribution in [0, 0.1) is 11.8 Å². The van der Waals surface area contributed by atoms with Gasteiger partial charge in [0.15, 0.2) is 0 Å². The van der Waals surface area contributed by atoms with Crippen LogP contribution in [0.3, 0.4) is 0 Å². The molecule has 0 aromatic heterocycles. The van der Waals surface area contributed by atoms with Gasteiger partial charge in [-0.3, -0.25) is 0 Å². The average Bonchev–Trinajstić information content (AvgIpc) is 2.36. The second-order valence-electron chi connectivity index (χ2n) is 6.63. The number of likely N-dealkylation sites (tertiary alicyclic amines) is 2. The first kappa shape index (κ1) is 14.3. The molecule has 2 rings (SSSR count). The molecular formula is C15H31N3. The van der Waals surface area contributed by atoms with Crippen LogP contribution in [-0.2, 0) is 0 Å². The van der Waals surface area contributed by atoms with E-state index in [2.05, 4.69) is 36.1 Å². The number of hydrogen-bond acceptors (Lipinski definition) is 3. The molecule has 3 nitrogen and oxygen atoms in total. The Morgan fingerprint density at radius 3 is 2.39 bits per heavy atom. The summed E-state index contributed by atoms with van der Waals surface area (Å²) in [6.45, 7) is 8.74. The number of piperidine rings is 2. The topological polar surface area (TPSA) is 18.5 Å². The standard InChI is InChI=1S/C15H31N3/c1-13(15-7-5-9-18(3)12-15)16-10-14-6-4-8-17(2)11-14/h13-16H,4-12H2,1-3H3. The first-order valence-electron chi connectivity index (χ1n) is 7.75. The van der Waals surface area contributed by atoms with Gasteiger partial charge in [-0.05, 0) is 78.2 Å². The van der Waals surface area contributed by atoms with Gasteiger partial charge in [-0.25, -0.2) is 0 Å². The molecular weight excluding hydrogens is 222 g/mol. The Balaban J connectivity index is 1.68. The largest absolute Gasteiger partial charge is 0.314 e. The monoisotopic (exact) mass is 253 g/mol. The van der Waals surface area contributed by atoms with Crippen molar-refractivity contribution in [2.24, 2.45) is 11.8 Å². The fourth-order valence-electron chi connectivity index (χ4n) is 3.57. The molecule has 0 bridgehead atoms. The normalized spacial score (nSPS) is 33.5. The Kier molecular flexibility index (Phi) is 5.46. The molecule has 0 aromatic rings. The molecule has 0 saturated carbocycles. The maximum atomic E-state index is 3.81. The highest BCUT2D eigenvalue weighted by Crippen LogP contribution is 2.19. The summed E-state index contributed by atoms with van der Waals surface area (Å²) in [6.07, 6.45) is 5.57. The first-order chi connectivity index (χ1) is 8.65. The van der Waals surface area contributed by atoms with E-state index in [-0.39, 0.29) is 0 Å². The van der Waals surface area contributed by atoms with Crippen molar-refractivity contribution in [3.63, 3.8) is 0 Å². The second-order valence-corrected chi connectivity index (χ2v) is 6.63. The lowest BCUT2D eigenvalue weighted by Gasteiger charge is -2.36. The highest BCUT2D eigenvalue weighted by Gasteiger charge is 2.24. The summed E-state index contributed by atoms with van der Waals surface area (Å²) in [6, 6.07) is 0.681. The summed E-state index contributed by atoms with van der Waals surface area (Å²) < 4.78 is 0. The molecule has 0 spiro atoms. The van der Waals surface area contributed by atoms with Gasteiger partial charge in [-0.15, -0.1) is 0 Å². The molecule has 2 aliphatic heterocycles. The Hall–Kier alpha value is -0.120. The summed E-state index contributed by atoms with van der Waals surface area (Å²) in [5.41, 5.74) is 0. The maximum Gasteiger partial charge on any atom is 0.00793 e. The molecule has 2 saturated heterocycles. The van der Waals surface area contributed by atoms with E-state index in [1.165, 1.54) is 58.4 Å². The van der Waals surface area contributed by atoms with Gasteiger partial charge in [0, 0.05) is 19.1 Å². The molecule has 18 heavy (non-hydrogen) atoms. The Morgan fingerprint density at radius 1 is 1.06 bits per heavy atom. The molecule has 0 radical (unpaired) electrons. The highest BCUT2D eigenvalue weighted by molar-refractivity contribution is 4.81. The molecule has 106 valence electrons. The van der Waals surface area contributed by atoms with Gasteiger partial charge >= 0.3 is 0 Å². The van der Waals surface area contributed by atoms with Crippen molar-refractivity contribution in [2.45, 2.75) is 38.6 Å². The molecule has 2 heterocycles. The zero-order chi connectivity index (χ0) is 13.0. The molecule has 3 atom stereocenters. The fraction of sp³-hybridized carbons (Fsp3) is 1.00. The minimum atomic E-state index is 0.681. The number of nitrogens with one attached hydrogen (secondary N) is 1. The molecule has 0 amide bonds. The van der Waals surface area contributed by atoms with Crippen molar-refractivity contribution < 1.29 is 0 Å². The summed E-state index contributed by atoms with van der Waals surface area (Å²) in [5.74, 6) is 1.72. The van der Waals surface area contributed by atoms with Gasteiger partial charge in [0.25, 0.3) is 0 Å². The average molecular weight is 253 g/mol. The van der Waals surface area contributed by atoms with E-state index < -0.39 is 0 Å². The highest BCUT2D eigenvalue weighted by atomic mass is 15.1. The van der Waals surface area contributed by atoms with Crippen LogP contribution < -0.4 is 5.32 Å². The van der Waals surface area contributed by atoms with Crippen molar-refractivity contribution >= 4 is 0 Å². The third kappa shape index (κ3) is 4.22. The van der Waals surface area contributed by atoms with Crippen LogP contribution in [0.15, 0.2) is 0 Å². The summed E-state index contributed by atoms with van der Waals surface area (Å²) >= 11 is 0. The van der Waals surface area contributed by atoms with E-state index in [4.69, 9.17) is 0 Å². The van der Waals surface area contributed by atoms with E-state index >= 15 is 0 Å². The number of hydrogen-bond donors (Lipinski definition) is 1. The predicted octanol–water partition coefficient (Wildman–Crippen LogP) is 1.65. The smallest absolute Gasteiger partial charge is 0.00793 e. The minimum Gasteiger partial charge on any atom is -0.314 e. The van der Waals surface area contributed by atoms with Crippen LogP contribution in [-0.4, -0.2) is 62.7 Å². The predicted molar refractivity (Wildman–Crippen MR) is 77.9 cm³/mol. The second kappa shape index (κ2) is 6.88. The van der Waals surface area contributed by atoms with Crippen LogP contribution in [0.25, 0.3) is 0 Å². The first-order valence-corrected chi connectivity index (χ1v) is 7.75. The summed E-state index contributed by atoms with van der Waals surface area (Å²) in [7, 11) is 4.51. The van der Waals surface area contributed by atoms with E-state index in [0.717, 1.165) is 11.8 Å². The van der Waals surface area contributed by atoms with Crippen LogP contribution in [0.5, 0.6) is 0 Å². The van der Waals surface area contributed by atoms with Gasteiger partial charge in [-0.1, -0.05) is 0 Å². The van der Waals surface area contributed by atoms with Gasteiger partial charge in [0.2, 0.25) is 0 Å². The van der Waals surface area contributed by atoms with E-state index in [1.807, 2.05) is 0 Å². The van der Waals surface area contributed by atoms with Crippen molar-refractivity contribution in [3.8, 4) is 0 Å².